The molecule has 2 rings (SSSR count). The number of carbonyl (C=O) groups is 1. The zero-order chi connectivity index (χ0) is 12.4. The lowest BCUT2D eigenvalue weighted by Gasteiger charge is -1.90. The lowest BCUT2D eigenvalue weighted by Crippen LogP contribution is -1.97. The van der Waals surface area contributed by atoms with Crippen molar-refractivity contribution in [3.8, 4) is 0 Å². The summed E-state index contributed by atoms with van der Waals surface area (Å²) >= 11 is 0. The fourth-order valence-electron chi connectivity index (χ4n) is 1.45. The molecular formula is C10H8N2O5. The molecule has 0 aliphatic rings. The van der Waals surface area contributed by atoms with Crippen LogP contribution >= 0.6 is 0 Å². The molecular weight excluding hydrogens is 228 g/mol. The average Bonchev–Trinajstić information content (AvgIpc) is 2.68. The van der Waals surface area contributed by atoms with Gasteiger partial charge in [-0.2, -0.15) is 0 Å². The molecule has 1 aromatic heterocycles. The van der Waals surface area contributed by atoms with E-state index in [0.717, 1.165) is 0 Å². The van der Waals surface area contributed by atoms with Gasteiger partial charge in [0.05, 0.1) is 11.3 Å². The van der Waals surface area contributed by atoms with E-state index in [1.807, 2.05) is 0 Å². The largest absolute Gasteiger partial charge is 0.481 e. The Bertz CT molecular complexity index is 589. The fourth-order valence-corrected chi connectivity index (χ4v) is 1.45. The second-order valence-electron chi connectivity index (χ2n) is 3.38. The molecule has 0 spiro atoms. The highest BCUT2D eigenvalue weighted by molar-refractivity contribution is 5.82. The van der Waals surface area contributed by atoms with Crippen molar-refractivity contribution < 1.29 is 19.2 Å². The Balaban J connectivity index is 2.39. The summed E-state index contributed by atoms with van der Waals surface area (Å²) in [4.78, 5) is 24.5. The number of carboxylic acids is 1. The monoisotopic (exact) mass is 236 g/mol. The van der Waals surface area contributed by atoms with E-state index in [1.54, 1.807) is 6.07 Å². The quantitative estimate of drug-likeness (QED) is 0.640. The second kappa shape index (κ2) is 4.20. The van der Waals surface area contributed by atoms with Crippen LogP contribution in [-0.4, -0.2) is 21.0 Å². The first-order valence-corrected chi connectivity index (χ1v) is 4.82. The average molecular weight is 236 g/mol. The molecule has 0 aliphatic carbocycles. The van der Waals surface area contributed by atoms with Gasteiger partial charge in [-0.25, -0.2) is 4.98 Å². The number of aryl methyl sites for hydroxylation is 1. The second-order valence-corrected chi connectivity index (χ2v) is 3.38. The summed E-state index contributed by atoms with van der Waals surface area (Å²) < 4.78 is 5.19. The van der Waals surface area contributed by atoms with Crippen molar-refractivity contribution in [2.75, 3.05) is 0 Å². The number of carboxylic acid groups (broad SMARTS) is 1. The van der Waals surface area contributed by atoms with Gasteiger partial charge in [-0.15, -0.1) is 0 Å². The minimum Gasteiger partial charge on any atom is -0.481 e. The Morgan fingerprint density at radius 2 is 2.29 bits per heavy atom. The molecule has 7 heteroatoms. The zero-order valence-electron chi connectivity index (χ0n) is 8.62. The van der Waals surface area contributed by atoms with Gasteiger partial charge in [-0.3, -0.25) is 14.9 Å². The number of fused-ring (bicyclic) bond motifs is 1. The molecule has 0 saturated carbocycles. The summed E-state index contributed by atoms with van der Waals surface area (Å²) in [5.41, 5.74) is 0.272. The van der Waals surface area contributed by atoms with Gasteiger partial charge in [0.25, 0.3) is 0 Å². The van der Waals surface area contributed by atoms with Crippen molar-refractivity contribution in [1.82, 2.24) is 4.98 Å². The lowest BCUT2D eigenvalue weighted by molar-refractivity contribution is -0.383. The number of oxazole rings is 1. The number of rotatable bonds is 4. The Labute approximate surface area is 94.8 Å². The van der Waals surface area contributed by atoms with Crippen LogP contribution in [0.3, 0.4) is 0 Å². The van der Waals surface area contributed by atoms with Crippen molar-refractivity contribution >= 4 is 22.8 Å². The first-order chi connectivity index (χ1) is 8.08. The molecule has 2 aromatic rings. The first-order valence-electron chi connectivity index (χ1n) is 4.82. The number of non-ortho nitro benzene ring substituents is 1. The summed E-state index contributed by atoms with van der Waals surface area (Å²) in [5, 5.41) is 19.2. The topological polar surface area (TPSA) is 106 Å². The molecule has 1 heterocycles. The molecule has 7 nitrogen and oxygen atoms in total. The van der Waals surface area contributed by atoms with Crippen molar-refractivity contribution in [1.29, 1.82) is 0 Å². The highest BCUT2D eigenvalue weighted by Crippen LogP contribution is 2.26. The van der Waals surface area contributed by atoms with Crippen LogP contribution in [0.2, 0.25) is 0 Å². The van der Waals surface area contributed by atoms with Gasteiger partial charge >= 0.3 is 11.7 Å². The van der Waals surface area contributed by atoms with Crippen molar-refractivity contribution in [2.24, 2.45) is 0 Å². The number of nitrogens with zero attached hydrogens (tertiary/aromatic N) is 2. The summed E-state index contributed by atoms with van der Waals surface area (Å²) in [6.45, 7) is 0. The van der Waals surface area contributed by atoms with E-state index in [0.29, 0.717) is 5.52 Å². The van der Waals surface area contributed by atoms with Crippen LogP contribution in [0.5, 0.6) is 0 Å². The molecule has 0 radical (unpaired) electrons. The minimum atomic E-state index is -0.971. The number of benzene rings is 1. The van der Waals surface area contributed by atoms with Crippen LogP contribution in [0, 0.1) is 10.1 Å². The Kier molecular flexibility index (Phi) is 2.73. The summed E-state index contributed by atoms with van der Waals surface area (Å²) in [6, 6.07) is 4.40. The molecule has 0 amide bonds. The van der Waals surface area contributed by atoms with Gasteiger partial charge in [0.1, 0.15) is 5.52 Å². The molecule has 0 atom stereocenters. The van der Waals surface area contributed by atoms with E-state index in [-0.39, 0.29) is 30.0 Å². The van der Waals surface area contributed by atoms with Gasteiger partial charge in [0, 0.05) is 12.5 Å². The maximum absolute atomic E-state index is 10.7. The van der Waals surface area contributed by atoms with Crippen molar-refractivity contribution in [3.05, 3.63) is 34.2 Å². The van der Waals surface area contributed by atoms with E-state index < -0.39 is 10.9 Å². The van der Waals surface area contributed by atoms with Crippen LogP contribution in [0.25, 0.3) is 11.1 Å². The van der Waals surface area contributed by atoms with Crippen molar-refractivity contribution in [3.63, 3.8) is 0 Å². The van der Waals surface area contributed by atoms with Gasteiger partial charge < -0.3 is 9.52 Å². The van der Waals surface area contributed by atoms with Gasteiger partial charge in [0.2, 0.25) is 5.58 Å². The molecule has 0 bridgehead atoms. The van der Waals surface area contributed by atoms with E-state index in [9.17, 15) is 14.9 Å². The van der Waals surface area contributed by atoms with E-state index >= 15 is 0 Å². The number of nitro groups is 1. The molecule has 0 saturated heterocycles. The third kappa shape index (κ3) is 2.22. The number of hydrogen-bond donors (Lipinski definition) is 1. The van der Waals surface area contributed by atoms with E-state index in [1.165, 1.54) is 12.1 Å². The molecule has 1 aromatic carbocycles. The van der Waals surface area contributed by atoms with Crippen LogP contribution in [0.1, 0.15) is 12.3 Å². The fraction of sp³-hybridized carbons (Fsp3) is 0.200. The summed E-state index contributed by atoms with van der Waals surface area (Å²) in [5.74, 6) is -0.779. The minimum absolute atomic E-state index is 0.0814. The Morgan fingerprint density at radius 3 is 2.94 bits per heavy atom. The number of aromatic nitrogens is 1. The molecule has 0 unspecified atom stereocenters. The molecule has 17 heavy (non-hydrogen) atoms. The number of hydrogen-bond acceptors (Lipinski definition) is 5. The summed E-state index contributed by atoms with van der Waals surface area (Å²) in [7, 11) is 0. The Hall–Kier alpha value is -2.44. The summed E-state index contributed by atoms with van der Waals surface area (Å²) in [6.07, 6.45) is -0.0121. The van der Waals surface area contributed by atoms with Gasteiger partial charge in [-0.1, -0.05) is 6.07 Å². The highest BCUT2D eigenvalue weighted by atomic mass is 16.6. The predicted molar refractivity (Wildman–Crippen MR) is 56.6 cm³/mol. The molecule has 0 aliphatic heterocycles. The first kappa shape index (κ1) is 11.1. The van der Waals surface area contributed by atoms with E-state index in [2.05, 4.69) is 4.98 Å². The number of para-hydroxylation sites is 1. The molecule has 0 fully saturated rings. The van der Waals surface area contributed by atoms with E-state index in [4.69, 9.17) is 9.52 Å². The third-order valence-corrected chi connectivity index (χ3v) is 2.19. The normalized spacial score (nSPS) is 10.6. The van der Waals surface area contributed by atoms with Crippen LogP contribution in [0.15, 0.2) is 22.6 Å². The standard InChI is InChI=1S/C10H8N2O5/c13-9(14)5-4-8-11-6-2-1-3-7(12(15)16)10(6)17-8/h1-3H,4-5H2,(H,13,14). The molecule has 88 valence electrons. The maximum Gasteiger partial charge on any atom is 0.313 e. The Morgan fingerprint density at radius 1 is 1.53 bits per heavy atom. The van der Waals surface area contributed by atoms with Crippen molar-refractivity contribution in [2.45, 2.75) is 12.8 Å². The van der Waals surface area contributed by atoms with Gasteiger partial charge in [-0.05, 0) is 6.07 Å². The highest BCUT2D eigenvalue weighted by Gasteiger charge is 2.17. The zero-order valence-corrected chi connectivity index (χ0v) is 8.62. The van der Waals surface area contributed by atoms with Crippen LogP contribution < -0.4 is 0 Å². The predicted octanol–water partition coefficient (Wildman–Crippen LogP) is 1.75. The van der Waals surface area contributed by atoms with Crippen LogP contribution in [0.4, 0.5) is 5.69 Å². The lowest BCUT2D eigenvalue weighted by atomic mass is 10.3. The smallest absolute Gasteiger partial charge is 0.313 e. The molecule has 1 N–H and O–H groups in total. The number of nitro benzene ring substituents is 1. The third-order valence-electron chi connectivity index (χ3n) is 2.19. The van der Waals surface area contributed by atoms with Crippen LogP contribution in [-0.2, 0) is 11.2 Å². The van der Waals surface area contributed by atoms with Gasteiger partial charge in [0.15, 0.2) is 5.89 Å². The maximum atomic E-state index is 10.7. The number of aliphatic carboxylic acids is 1. The SMILES string of the molecule is O=C(O)CCc1nc2cccc([N+](=O)[O-])c2o1.